The van der Waals surface area contributed by atoms with Crippen LogP contribution in [-0.4, -0.2) is 0 Å². The topological polar surface area (TPSA) is 0 Å². The van der Waals surface area contributed by atoms with Crippen molar-refractivity contribution in [2.45, 2.75) is 33.1 Å². The molecule has 0 aliphatic rings. The summed E-state index contributed by atoms with van der Waals surface area (Å²) >= 11 is 0. The Hall–Kier alpha value is -1.30. The van der Waals surface area contributed by atoms with Crippen LogP contribution in [0.1, 0.15) is 38.7 Å². The molecule has 1 unspecified atom stereocenters. The lowest BCUT2D eigenvalue weighted by Crippen LogP contribution is -1.98. The molecule has 1 atom stereocenters. The second-order valence-electron chi connectivity index (χ2n) is 5.14. The number of rotatable bonds is 3. The first kappa shape index (κ1) is 11.2. The van der Waals surface area contributed by atoms with E-state index in [2.05, 4.69) is 63.2 Å². The minimum absolute atomic E-state index is 0.657. The third-order valence-electron chi connectivity index (χ3n) is 3.17. The van der Waals surface area contributed by atoms with E-state index in [0.717, 1.165) is 5.92 Å². The molecule has 0 N–H and O–H groups in total. The molecular weight excluding hydrogens is 192 g/mol. The van der Waals surface area contributed by atoms with Crippen molar-refractivity contribution in [3.8, 4) is 0 Å². The average Bonchev–Trinajstić information content (AvgIpc) is 2.27. The highest BCUT2D eigenvalue weighted by atomic mass is 14.1. The molecule has 0 heterocycles. The van der Waals surface area contributed by atoms with Gasteiger partial charge in [-0.1, -0.05) is 63.2 Å². The van der Waals surface area contributed by atoms with E-state index in [1.807, 2.05) is 0 Å². The van der Waals surface area contributed by atoms with Crippen LogP contribution in [-0.2, 0) is 0 Å². The van der Waals surface area contributed by atoms with Crippen LogP contribution < -0.4 is 0 Å². The number of hydrogen-bond acceptors (Lipinski definition) is 0. The fourth-order valence-electron chi connectivity index (χ4n) is 2.36. The molecule has 16 heavy (non-hydrogen) atoms. The molecule has 84 valence electrons. The molecule has 0 amide bonds. The van der Waals surface area contributed by atoms with Gasteiger partial charge in [0.25, 0.3) is 0 Å². The highest BCUT2D eigenvalue weighted by Crippen LogP contribution is 2.26. The van der Waals surface area contributed by atoms with Gasteiger partial charge >= 0.3 is 0 Å². The van der Waals surface area contributed by atoms with Gasteiger partial charge in [-0.25, -0.2) is 0 Å². The van der Waals surface area contributed by atoms with Gasteiger partial charge in [-0.15, -0.1) is 0 Å². The predicted octanol–water partition coefficient (Wildman–Crippen LogP) is 4.99. The first-order chi connectivity index (χ1) is 7.66. The molecule has 0 fully saturated rings. The summed E-state index contributed by atoms with van der Waals surface area (Å²) in [6.45, 7) is 6.90. The standard InChI is InChI=1S/C16H20/c1-12(2)10-13(3)15-9-8-14-6-4-5-7-16(14)11-15/h4-9,11-13H,10H2,1-3H3. The molecule has 0 radical (unpaired) electrons. The second kappa shape index (κ2) is 4.69. The van der Waals surface area contributed by atoms with Gasteiger partial charge in [0, 0.05) is 0 Å². The first-order valence-electron chi connectivity index (χ1n) is 6.15. The molecule has 2 rings (SSSR count). The highest BCUT2D eigenvalue weighted by Gasteiger charge is 2.08. The average molecular weight is 212 g/mol. The van der Waals surface area contributed by atoms with Crippen molar-refractivity contribution in [1.82, 2.24) is 0 Å². The third-order valence-corrected chi connectivity index (χ3v) is 3.17. The van der Waals surface area contributed by atoms with Crippen LogP contribution >= 0.6 is 0 Å². The Balaban J connectivity index is 2.32. The van der Waals surface area contributed by atoms with Gasteiger partial charge in [-0.05, 0) is 34.6 Å². The van der Waals surface area contributed by atoms with Gasteiger partial charge in [0.1, 0.15) is 0 Å². The SMILES string of the molecule is CC(C)CC(C)c1ccc2ccccc2c1. The van der Waals surface area contributed by atoms with Gasteiger partial charge in [0.05, 0.1) is 0 Å². The van der Waals surface area contributed by atoms with E-state index < -0.39 is 0 Å². The zero-order valence-corrected chi connectivity index (χ0v) is 10.4. The molecule has 0 bridgehead atoms. The molecule has 2 aromatic carbocycles. The maximum atomic E-state index is 2.34. The van der Waals surface area contributed by atoms with Crippen molar-refractivity contribution in [1.29, 1.82) is 0 Å². The molecule has 0 aliphatic carbocycles. The van der Waals surface area contributed by atoms with E-state index in [9.17, 15) is 0 Å². The summed E-state index contributed by atoms with van der Waals surface area (Å²) in [7, 11) is 0. The third kappa shape index (κ3) is 2.44. The Kier molecular flexibility index (Phi) is 3.28. The van der Waals surface area contributed by atoms with Crippen LogP contribution in [0, 0.1) is 5.92 Å². The molecule has 0 heteroatoms. The van der Waals surface area contributed by atoms with E-state index in [1.54, 1.807) is 0 Å². The Morgan fingerprint density at radius 3 is 2.25 bits per heavy atom. The molecule has 0 aliphatic heterocycles. The van der Waals surface area contributed by atoms with E-state index in [4.69, 9.17) is 0 Å². The number of hydrogen-bond donors (Lipinski definition) is 0. The number of fused-ring (bicyclic) bond motifs is 1. The summed E-state index contributed by atoms with van der Waals surface area (Å²) in [5, 5.41) is 2.69. The van der Waals surface area contributed by atoms with Crippen LogP contribution in [0.15, 0.2) is 42.5 Å². The smallest absolute Gasteiger partial charge is 0.0181 e. The maximum Gasteiger partial charge on any atom is -0.0181 e. The van der Waals surface area contributed by atoms with Crippen molar-refractivity contribution in [3.63, 3.8) is 0 Å². The summed E-state index contributed by atoms with van der Waals surface area (Å²) < 4.78 is 0. The van der Waals surface area contributed by atoms with Crippen LogP contribution in [0.4, 0.5) is 0 Å². The predicted molar refractivity (Wildman–Crippen MR) is 71.8 cm³/mol. The quantitative estimate of drug-likeness (QED) is 0.672. The lowest BCUT2D eigenvalue weighted by molar-refractivity contribution is 0.524. The Morgan fingerprint density at radius 1 is 0.875 bits per heavy atom. The molecular formula is C16H20. The fraction of sp³-hybridized carbons (Fsp3) is 0.375. The van der Waals surface area contributed by atoms with Gasteiger partial charge in [-0.3, -0.25) is 0 Å². The van der Waals surface area contributed by atoms with Crippen LogP contribution in [0.3, 0.4) is 0 Å². The normalized spacial score (nSPS) is 13.2. The van der Waals surface area contributed by atoms with Crippen LogP contribution in [0.25, 0.3) is 10.8 Å². The Labute approximate surface area is 98.3 Å². The lowest BCUT2D eigenvalue weighted by atomic mass is 9.91. The Bertz CT molecular complexity index is 468. The van der Waals surface area contributed by atoms with E-state index >= 15 is 0 Å². The zero-order chi connectivity index (χ0) is 11.5. The lowest BCUT2D eigenvalue weighted by Gasteiger charge is -2.15. The molecule has 0 saturated heterocycles. The summed E-state index contributed by atoms with van der Waals surface area (Å²) in [4.78, 5) is 0. The monoisotopic (exact) mass is 212 g/mol. The summed E-state index contributed by atoms with van der Waals surface area (Å²) in [5.41, 5.74) is 1.47. The van der Waals surface area contributed by atoms with Crippen LogP contribution in [0.2, 0.25) is 0 Å². The number of benzene rings is 2. The summed E-state index contributed by atoms with van der Waals surface area (Å²) in [6, 6.07) is 15.4. The molecule has 0 saturated carbocycles. The van der Waals surface area contributed by atoms with Crippen molar-refractivity contribution in [3.05, 3.63) is 48.0 Å². The van der Waals surface area contributed by atoms with E-state index in [1.165, 1.54) is 22.8 Å². The van der Waals surface area contributed by atoms with E-state index in [-0.39, 0.29) is 0 Å². The second-order valence-corrected chi connectivity index (χ2v) is 5.14. The largest absolute Gasteiger partial charge is 0.0628 e. The molecule has 0 nitrogen and oxygen atoms in total. The minimum atomic E-state index is 0.657. The highest BCUT2D eigenvalue weighted by molar-refractivity contribution is 5.83. The Morgan fingerprint density at radius 2 is 1.56 bits per heavy atom. The van der Waals surface area contributed by atoms with Gasteiger partial charge < -0.3 is 0 Å². The molecule has 0 aromatic heterocycles. The van der Waals surface area contributed by atoms with Crippen molar-refractivity contribution < 1.29 is 0 Å². The summed E-state index contributed by atoms with van der Waals surface area (Å²) in [5.74, 6) is 1.42. The van der Waals surface area contributed by atoms with Crippen LogP contribution in [0.5, 0.6) is 0 Å². The first-order valence-corrected chi connectivity index (χ1v) is 6.15. The molecule has 2 aromatic rings. The maximum absolute atomic E-state index is 2.34. The fourth-order valence-corrected chi connectivity index (χ4v) is 2.36. The van der Waals surface area contributed by atoms with Crippen molar-refractivity contribution in [2.24, 2.45) is 5.92 Å². The molecule has 0 spiro atoms. The van der Waals surface area contributed by atoms with Crippen molar-refractivity contribution >= 4 is 10.8 Å². The zero-order valence-electron chi connectivity index (χ0n) is 10.4. The van der Waals surface area contributed by atoms with Gasteiger partial charge in [-0.2, -0.15) is 0 Å². The van der Waals surface area contributed by atoms with Crippen molar-refractivity contribution in [2.75, 3.05) is 0 Å². The van der Waals surface area contributed by atoms with Gasteiger partial charge in [0.2, 0.25) is 0 Å². The van der Waals surface area contributed by atoms with Gasteiger partial charge in [0.15, 0.2) is 0 Å². The minimum Gasteiger partial charge on any atom is -0.0628 e. The van der Waals surface area contributed by atoms with E-state index in [0.29, 0.717) is 5.92 Å². The summed E-state index contributed by atoms with van der Waals surface area (Å²) in [6.07, 6.45) is 1.26.